The topological polar surface area (TPSA) is 191 Å². The van der Waals surface area contributed by atoms with Crippen molar-refractivity contribution < 1.29 is 54.5 Å². The van der Waals surface area contributed by atoms with Gasteiger partial charge in [-0.2, -0.15) is 0 Å². The molecular formula is C33H50O11. The Kier molecular flexibility index (Phi) is 16.2. The standard InChI is InChI=1S/C33H50O11/c1-3-13-25-17-11-9-7-5-6-8-10-14-23(35)19-29-30(31(39)40)28(38)21-33(42,44-29)20-24(36)16-12-15-22(34)18-27(37)26(4-2)32(41)43-25/h5-11,14,23-30,35-38,42H,3-4,12-13,15-21H2,1-2H3,(H,39,40)/b7-5+,8-6+,11-9+,14-10+/t23-,24-,25?,26-,27+,28-,29-,30+,33+/m0/s1. The van der Waals surface area contributed by atoms with Gasteiger partial charge in [0.15, 0.2) is 5.79 Å². The molecule has 2 heterocycles. The first-order valence-electron chi connectivity index (χ1n) is 15.6. The first kappa shape index (κ1) is 37.5. The number of Topliss-reactive ketones (excluding diaryl/α,β-unsaturated/α-hetero) is 1. The van der Waals surface area contributed by atoms with E-state index in [9.17, 15) is 45.0 Å². The van der Waals surface area contributed by atoms with Gasteiger partial charge in [0.1, 0.15) is 17.8 Å². The number of esters is 1. The summed E-state index contributed by atoms with van der Waals surface area (Å²) in [6, 6.07) is 0. The number of fused-ring (bicyclic) bond motifs is 2. The molecule has 0 radical (unpaired) electrons. The maximum atomic E-state index is 12.9. The summed E-state index contributed by atoms with van der Waals surface area (Å²) in [7, 11) is 0. The zero-order chi connectivity index (χ0) is 32.7. The Balaban J connectivity index is 2.23. The number of rotatable bonds is 4. The van der Waals surface area contributed by atoms with Crippen molar-refractivity contribution in [3.63, 3.8) is 0 Å². The highest BCUT2D eigenvalue weighted by Crippen LogP contribution is 2.37. The SMILES string of the molecule is CCCC1C/C=C/C=C/C=C/C=C/[C@H](O)C[C@@H]2O[C@](O)(C[C@@H](O)CCCC(=O)C[C@@H](O)[C@H](CC)C(=O)O1)C[C@H](O)[C@H]2C(=O)O. The predicted octanol–water partition coefficient (Wildman–Crippen LogP) is 2.88. The van der Waals surface area contributed by atoms with Gasteiger partial charge in [0.25, 0.3) is 0 Å². The van der Waals surface area contributed by atoms with Crippen LogP contribution in [0.25, 0.3) is 0 Å². The van der Waals surface area contributed by atoms with Crippen molar-refractivity contribution in [2.45, 2.75) is 127 Å². The van der Waals surface area contributed by atoms with Crippen LogP contribution in [0.4, 0.5) is 0 Å². The van der Waals surface area contributed by atoms with Crippen LogP contribution in [0.2, 0.25) is 0 Å². The lowest BCUT2D eigenvalue weighted by molar-refractivity contribution is -0.299. The van der Waals surface area contributed by atoms with Crippen molar-refractivity contribution in [3.05, 3.63) is 48.6 Å². The summed E-state index contributed by atoms with van der Waals surface area (Å²) < 4.78 is 11.4. The number of carboxylic acid groups (broad SMARTS) is 1. The molecular weight excluding hydrogens is 572 g/mol. The van der Waals surface area contributed by atoms with Gasteiger partial charge in [-0.3, -0.25) is 14.4 Å². The highest BCUT2D eigenvalue weighted by atomic mass is 16.6. The number of ether oxygens (including phenoxy) is 2. The summed E-state index contributed by atoms with van der Waals surface area (Å²) in [5, 5.41) is 63.1. The van der Waals surface area contributed by atoms with E-state index in [2.05, 4.69) is 0 Å². The largest absolute Gasteiger partial charge is 0.481 e. The number of allylic oxidation sites excluding steroid dienone is 6. The Morgan fingerprint density at radius 1 is 0.977 bits per heavy atom. The molecule has 11 heteroatoms. The predicted molar refractivity (Wildman–Crippen MR) is 162 cm³/mol. The summed E-state index contributed by atoms with van der Waals surface area (Å²) in [6.07, 6.45) is 8.35. The number of hydrogen-bond acceptors (Lipinski definition) is 10. The normalized spacial score (nSPS) is 38.6. The second kappa shape index (κ2) is 19.0. The van der Waals surface area contributed by atoms with Gasteiger partial charge in [0.2, 0.25) is 0 Å². The molecule has 2 aliphatic rings. The summed E-state index contributed by atoms with van der Waals surface area (Å²) in [5.74, 6) is -6.46. The third-order valence-corrected chi connectivity index (χ3v) is 7.98. The number of carboxylic acids is 1. The highest BCUT2D eigenvalue weighted by Gasteiger charge is 2.49. The molecule has 0 aromatic rings. The van der Waals surface area contributed by atoms with Crippen LogP contribution in [0.1, 0.15) is 84.5 Å². The minimum Gasteiger partial charge on any atom is -0.481 e. The molecule has 9 atom stereocenters. The summed E-state index contributed by atoms with van der Waals surface area (Å²) in [6.45, 7) is 3.73. The maximum Gasteiger partial charge on any atom is 0.311 e. The Hall–Kier alpha value is -2.67. The fourth-order valence-electron chi connectivity index (χ4n) is 5.71. The van der Waals surface area contributed by atoms with Crippen LogP contribution in [-0.2, 0) is 23.9 Å². The van der Waals surface area contributed by atoms with E-state index in [1.807, 2.05) is 19.1 Å². The monoisotopic (exact) mass is 622 g/mol. The van der Waals surface area contributed by atoms with Gasteiger partial charge in [-0.25, -0.2) is 0 Å². The number of hydrogen-bond donors (Lipinski definition) is 6. The Morgan fingerprint density at radius 3 is 2.32 bits per heavy atom. The molecule has 248 valence electrons. The van der Waals surface area contributed by atoms with Gasteiger partial charge in [-0.1, -0.05) is 68.9 Å². The third kappa shape index (κ3) is 12.7. The molecule has 1 saturated heterocycles. The average molecular weight is 623 g/mol. The van der Waals surface area contributed by atoms with Crippen LogP contribution < -0.4 is 0 Å². The lowest BCUT2D eigenvalue weighted by Crippen LogP contribution is -2.55. The molecule has 44 heavy (non-hydrogen) atoms. The molecule has 0 aliphatic carbocycles. The Bertz CT molecular complexity index is 1030. The summed E-state index contributed by atoms with van der Waals surface area (Å²) >= 11 is 0. The smallest absolute Gasteiger partial charge is 0.311 e. The molecule has 1 fully saturated rings. The van der Waals surface area contributed by atoms with Crippen molar-refractivity contribution >= 4 is 17.7 Å². The van der Waals surface area contributed by atoms with E-state index in [0.29, 0.717) is 19.3 Å². The van der Waals surface area contributed by atoms with Gasteiger partial charge in [0.05, 0.1) is 36.4 Å². The van der Waals surface area contributed by atoms with Gasteiger partial charge < -0.3 is 40.1 Å². The van der Waals surface area contributed by atoms with Crippen molar-refractivity contribution in [1.29, 1.82) is 0 Å². The number of aliphatic hydroxyl groups is 5. The molecule has 2 bridgehead atoms. The van der Waals surface area contributed by atoms with E-state index in [0.717, 1.165) is 6.42 Å². The molecule has 0 aromatic heterocycles. The van der Waals surface area contributed by atoms with Crippen LogP contribution in [0.3, 0.4) is 0 Å². The zero-order valence-corrected chi connectivity index (χ0v) is 25.7. The minimum absolute atomic E-state index is 0.0228. The molecule has 2 rings (SSSR count). The lowest BCUT2D eigenvalue weighted by Gasteiger charge is -2.44. The first-order chi connectivity index (χ1) is 20.9. The van der Waals surface area contributed by atoms with Crippen LogP contribution in [0.5, 0.6) is 0 Å². The second-order valence-electron chi connectivity index (χ2n) is 11.8. The van der Waals surface area contributed by atoms with Crippen LogP contribution in [-0.4, -0.2) is 90.8 Å². The first-order valence-corrected chi connectivity index (χ1v) is 15.6. The quantitative estimate of drug-likeness (QED) is 0.253. The average Bonchev–Trinajstić information content (AvgIpc) is 2.91. The molecule has 0 saturated carbocycles. The van der Waals surface area contributed by atoms with Crippen LogP contribution >= 0.6 is 0 Å². The number of carbonyl (C=O) groups is 3. The van der Waals surface area contributed by atoms with Gasteiger partial charge in [-0.05, 0) is 25.7 Å². The molecule has 1 unspecified atom stereocenters. The Morgan fingerprint density at radius 2 is 1.66 bits per heavy atom. The molecule has 0 aromatic carbocycles. The summed E-state index contributed by atoms with van der Waals surface area (Å²) in [5.41, 5.74) is 0. The number of ketones is 1. The summed E-state index contributed by atoms with van der Waals surface area (Å²) in [4.78, 5) is 37.3. The molecule has 0 spiro atoms. The number of cyclic esters (lactones) is 1. The van der Waals surface area contributed by atoms with E-state index in [4.69, 9.17) is 9.47 Å². The van der Waals surface area contributed by atoms with Gasteiger partial charge >= 0.3 is 11.9 Å². The van der Waals surface area contributed by atoms with E-state index < -0.39 is 66.5 Å². The maximum absolute atomic E-state index is 12.9. The fraction of sp³-hybridized carbons (Fsp3) is 0.667. The number of aliphatic hydroxyl groups excluding tert-OH is 4. The molecule has 0 amide bonds. The molecule has 11 nitrogen and oxygen atoms in total. The van der Waals surface area contributed by atoms with E-state index in [1.54, 1.807) is 37.3 Å². The lowest BCUT2D eigenvalue weighted by atomic mass is 9.83. The van der Waals surface area contributed by atoms with Crippen LogP contribution in [0.15, 0.2) is 48.6 Å². The number of aliphatic carboxylic acids is 1. The Labute approximate surface area is 259 Å². The van der Waals surface area contributed by atoms with E-state index in [-0.39, 0.29) is 50.4 Å². The van der Waals surface area contributed by atoms with Crippen LogP contribution in [0, 0.1) is 11.8 Å². The third-order valence-electron chi connectivity index (χ3n) is 7.98. The van der Waals surface area contributed by atoms with E-state index in [1.165, 1.54) is 6.08 Å². The van der Waals surface area contributed by atoms with Crippen molar-refractivity contribution in [3.8, 4) is 0 Å². The van der Waals surface area contributed by atoms with Gasteiger partial charge in [-0.15, -0.1) is 0 Å². The zero-order valence-electron chi connectivity index (χ0n) is 25.7. The minimum atomic E-state index is -2.05. The number of carbonyl (C=O) groups excluding carboxylic acids is 2. The van der Waals surface area contributed by atoms with E-state index >= 15 is 0 Å². The fourth-order valence-corrected chi connectivity index (χ4v) is 5.71. The second-order valence-corrected chi connectivity index (χ2v) is 11.8. The highest BCUT2D eigenvalue weighted by molar-refractivity contribution is 5.80. The van der Waals surface area contributed by atoms with Gasteiger partial charge in [0, 0.05) is 38.5 Å². The molecule has 6 N–H and O–H groups in total. The van der Waals surface area contributed by atoms with Crippen molar-refractivity contribution in [2.24, 2.45) is 11.8 Å². The van der Waals surface area contributed by atoms with Crippen molar-refractivity contribution in [2.75, 3.05) is 0 Å². The molecule has 2 aliphatic heterocycles. The van der Waals surface area contributed by atoms with Crippen molar-refractivity contribution in [1.82, 2.24) is 0 Å².